The van der Waals surface area contributed by atoms with Gasteiger partial charge in [-0.25, -0.2) is 8.42 Å². The van der Waals surface area contributed by atoms with Crippen LogP contribution in [0.3, 0.4) is 0 Å². The van der Waals surface area contributed by atoms with Gasteiger partial charge in [-0.3, -0.25) is 9.10 Å². The summed E-state index contributed by atoms with van der Waals surface area (Å²) in [4.78, 5) is 15.0. The van der Waals surface area contributed by atoms with Crippen LogP contribution >= 0.6 is 11.6 Å². The number of H-pyrrole nitrogens is 1. The summed E-state index contributed by atoms with van der Waals surface area (Å²) < 4.78 is 25.2. The standard InChI is InChI=1S/C18H17ClN4O4S/c1-11-7-8-12(9-14(11)19)23(28(2,26)27)10-16(24)21-22-17-13-5-3-4-6-15(13)20-18(17)25/h3-9,20,25H,10H2,1-2H3. The van der Waals surface area contributed by atoms with E-state index < -0.39 is 22.5 Å². The molecule has 0 fully saturated rings. The molecular weight excluding hydrogens is 404 g/mol. The van der Waals surface area contributed by atoms with Crippen LogP contribution in [0.2, 0.25) is 5.02 Å². The smallest absolute Gasteiger partial charge is 0.285 e. The van der Waals surface area contributed by atoms with Crippen LogP contribution in [0.25, 0.3) is 10.9 Å². The Balaban J connectivity index is 1.87. The molecule has 1 amide bonds. The van der Waals surface area contributed by atoms with Gasteiger partial charge in [0.2, 0.25) is 15.9 Å². The molecule has 146 valence electrons. The van der Waals surface area contributed by atoms with E-state index >= 15 is 0 Å². The number of anilines is 1. The zero-order chi connectivity index (χ0) is 20.5. The number of aromatic hydroxyl groups is 1. The number of aromatic nitrogens is 1. The monoisotopic (exact) mass is 420 g/mol. The van der Waals surface area contributed by atoms with Crippen LogP contribution in [0.1, 0.15) is 5.56 Å². The largest absolute Gasteiger partial charge is 0.493 e. The Morgan fingerprint density at radius 2 is 1.96 bits per heavy atom. The number of hydrogen-bond acceptors (Lipinski definition) is 5. The number of para-hydroxylation sites is 1. The Bertz CT molecular complexity index is 1190. The van der Waals surface area contributed by atoms with E-state index in [1.165, 1.54) is 6.07 Å². The number of amides is 1. The first-order chi connectivity index (χ1) is 13.2. The Hall–Kier alpha value is -2.91. The van der Waals surface area contributed by atoms with E-state index in [1.54, 1.807) is 43.3 Å². The van der Waals surface area contributed by atoms with E-state index in [2.05, 4.69) is 15.2 Å². The number of fused-ring (bicyclic) bond motifs is 1. The lowest BCUT2D eigenvalue weighted by Crippen LogP contribution is -2.34. The number of sulfonamides is 1. The van der Waals surface area contributed by atoms with Crippen LogP contribution < -0.4 is 4.31 Å². The van der Waals surface area contributed by atoms with Crippen molar-refractivity contribution in [1.82, 2.24) is 4.98 Å². The molecule has 0 aliphatic heterocycles. The van der Waals surface area contributed by atoms with E-state index in [1.807, 2.05) is 0 Å². The number of hydrogen-bond donors (Lipinski definition) is 2. The molecule has 0 bridgehead atoms. The number of aryl methyl sites for hydroxylation is 1. The molecule has 1 aromatic heterocycles. The number of nitrogens with zero attached hydrogens (tertiary/aromatic N) is 3. The molecule has 1 heterocycles. The maximum absolute atomic E-state index is 12.3. The minimum Gasteiger partial charge on any atom is -0.493 e. The zero-order valence-corrected chi connectivity index (χ0v) is 16.6. The molecule has 0 atom stereocenters. The average Bonchev–Trinajstić information content (AvgIpc) is 2.94. The molecule has 0 saturated heterocycles. The van der Waals surface area contributed by atoms with Gasteiger partial charge in [0.1, 0.15) is 6.54 Å². The van der Waals surface area contributed by atoms with Gasteiger partial charge in [-0.15, -0.1) is 10.2 Å². The van der Waals surface area contributed by atoms with Crippen molar-refractivity contribution in [1.29, 1.82) is 0 Å². The molecule has 0 unspecified atom stereocenters. The van der Waals surface area contributed by atoms with E-state index in [0.29, 0.717) is 15.9 Å². The van der Waals surface area contributed by atoms with Gasteiger partial charge in [0.15, 0.2) is 5.69 Å². The fraction of sp³-hybridized carbons (Fsp3) is 0.167. The number of benzene rings is 2. The topological polar surface area (TPSA) is 115 Å². The molecule has 0 aliphatic carbocycles. The highest BCUT2D eigenvalue weighted by Gasteiger charge is 2.21. The SMILES string of the molecule is Cc1ccc(N(CC(=O)N=Nc2c(O)[nH]c3ccccc23)S(C)(=O)=O)cc1Cl. The summed E-state index contributed by atoms with van der Waals surface area (Å²) in [5.74, 6) is -1.03. The third-order valence-corrected chi connectivity index (χ3v) is 5.59. The first-order valence-corrected chi connectivity index (χ1v) is 10.4. The first kappa shape index (κ1) is 19.8. The highest BCUT2D eigenvalue weighted by molar-refractivity contribution is 7.92. The molecule has 3 rings (SSSR count). The van der Waals surface area contributed by atoms with Crippen molar-refractivity contribution >= 4 is 49.8 Å². The molecular formula is C18H17ClN4O4S. The summed E-state index contributed by atoms with van der Waals surface area (Å²) in [6.07, 6.45) is 0.983. The second-order valence-electron chi connectivity index (χ2n) is 6.16. The molecule has 10 heteroatoms. The lowest BCUT2D eigenvalue weighted by atomic mass is 10.2. The number of azo groups is 1. The maximum Gasteiger partial charge on any atom is 0.285 e. The summed E-state index contributed by atoms with van der Waals surface area (Å²) >= 11 is 6.07. The summed E-state index contributed by atoms with van der Waals surface area (Å²) in [5, 5.41) is 18.3. The summed E-state index contributed by atoms with van der Waals surface area (Å²) in [6.45, 7) is 1.23. The third kappa shape index (κ3) is 4.15. The van der Waals surface area contributed by atoms with Crippen molar-refractivity contribution in [2.75, 3.05) is 17.1 Å². The van der Waals surface area contributed by atoms with Crippen molar-refractivity contribution in [3.8, 4) is 5.88 Å². The number of carbonyl (C=O) groups is 1. The Morgan fingerprint density at radius 3 is 2.64 bits per heavy atom. The average molecular weight is 421 g/mol. The number of aromatic amines is 1. The second kappa shape index (κ2) is 7.61. The minimum atomic E-state index is -3.76. The quantitative estimate of drug-likeness (QED) is 0.608. The molecule has 0 aliphatic rings. The van der Waals surface area contributed by atoms with Crippen LogP contribution in [0, 0.1) is 6.92 Å². The van der Waals surface area contributed by atoms with Crippen LogP contribution in [-0.2, 0) is 14.8 Å². The second-order valence-corrected chi connectivity index (χ2v) is 8.48. The van der Waals surface area contributed by atoms with Crippen LogP contribution in [0.5, 0.6) is 5.88 Å². The number of nitrogens with one attached hydrogen (secondary N) is 1. The predicted octanol–water partition coefficient (Wildman–Crippen LogP) is 3.91. The molecule has 2 N–H and O–H groups in total. The van der Waals surface area contributed by atoms with Gasteiger partial charge in [0.05, 0.1) is 17.5 Å². The number of carbonyl (C=O) groups excluding carboxylic acids is 1. The molecule has 2 aromatic carbocycles. The summed E-state index contributed by atoms with van der Waals surface area (Å²) in [6, 6.07) is 11.7. The van der Waals surface area contributed by atoms with E-state index in [9.17, 15) is 18.3 Å². The highest BCUT2D eigenvalue weighted by Crippen LogP contribution is 2.35. The Labute approximate surface area is 166 Å². The van der Waals surface area contributed by atoms with Gasteiger partial charge in [0.25, 0.3) is 5.91 Å². The molecule has 0 radical (unpaired) electrons. The van der Waals surface area contributed by atoms with E-state index in [0.717, 1.165) is 16.1 Å². The van der Waals surface area contributed by atoms with Gasteiger partial charge in [-0.05, 0) is 30.7 Å². The van der Waals surface area contributed by atoms with E-state index in [-0.39, 0.29) is 17.3 Å². The number of rotatable bonds is 5. The fourth-order valence-electron chi connectivity index (χ4n) is 2.61. The Morgan fingerprint density at radius 1 is 1.25 bits per heavy atom. The molecule has 0 saturated carbocycles. The summed E-state index contributed by atoms with van der Waals surface area (Å²) in [5.41, 5.74) is 1.76. The minimum absolute atomic E-state index is 0.105. The first-order valence-electron chi connectivity index (χ1n) is 8.15. The van der Waals surface area contributed by atoms with Crippen LogP contribution in [0.4, 0.5) is 11.4 Å². The summed E-state index contributed by atoms with van der Waals surface area (Å²) in [7, 11) is -3.76. The number of halogens is 1. The lowest BCUT2D eigenvalue weighted by Gasteiger charge is -2.21. The van der Waals surface area contributed by atoms with Crippen molar-refractivity contribution in [2.24, 2.45) is 10.2 Å². The zero-order valence-electron chi connectivity index (χ0n) is 15.0. The van der Waals surface area contributed by atoms with Crippen molar-refractivity contribution in [3.05, 3.63) is 53.1 Å². The molecule has 8 nitrogen and oxygen atoms in total. The third-order valence-electron chi connectivity index (χ3n) is 4.04. The van der Waals surface area contributed by atoms with Gasteiger partial charge in [0, 0.05) is 10.4 Å². The van der Waals surface area contributed by atoms with Crippen molar-refractivity contribution in [2.45, 2.75) is 6.92 Å². The normalized spacial score (nSPS) is 12.0. The maximum atomic E-state index is 12.3. The molecule has 3 aromatic rings. The highest BCUT2D eigenvalue weighted by atomic mass is 35.5. The van der Waals surface area contributed by atoms with Crippen molar-refractivity contribution in [3.63, 3.8) is 0 Å². The Kier molecular flexibility index (Phi) is 5.39. The van der Waals surface area contributed by atoms with E-state index in [4.69, 9.17) is 11.6 Å². The van der Waals surface area contributed by atoms with Gasteiger partial charge in [-0.1, -0.05) is 35.9 Å². The molecule has 0 spiro atoms. The van der Waals surface area contributed by atoms with Gasteiger partial charge >= 0.3 is 0 Å². The van der Waals surface area contributed by atoms with Crippen LogP contribution in [0.15, 0.2) is 52.7 Å². The van der Waals surface area contributed by atoms with Crippen LogP contribution in [-0.4, -0.2) is 37.2 Å². The molecule has 28 heavy (non-hydrogen) atoms. The van der Waals surface area contributed by atoms with Crippen molar-refractivity contribution < 1.29 is 18.3 Å². The lowest BCUT2D eigenvalue weighted by molar-refractivity contribution is -0.116. The van der Waals surface area contributed by atoms with Gasteiger partial charge in [-0.2, -0.15) is 0 Å². The predicted molar refractivity (Wildman–Crippen MR) is 108 cm³/mol. The van der Waals surface area contributed by atoms with Gasteiger partial charge < -0.3 is 10.1 Å². The fourth-order valence-corrected chi connectivity index (χ4v) is 3.63.